The number of ether oxygens (including phenoxy) is 1. The SMILES string of the molecule is COc1c(Cc2ccc(-n3cccn3)cc2)cc2c(c1F)CN(C1CCCCC1O)C2=O. The van der Waals surface area contributed by atoms with Crippen LogP contribution in [0, 0.1) is 5.82 Å². The Hall–Kier alpha value is -3.19. The Labute approximate surface area is 186 Å². The number of halogens is 1. The van der Waals surface area contributed by atoms with Crippen LogP contribution in [0.4, 0.5) is 4.39 Å². The molecule has 166 valence electrons. The van der Waals surface area contributed by atoms with Crippen molar-refractivity contribution in [2.45, 2.75) is 50.8 Å². The molecule has 0 radical (unpaired) electrons. The van der Waals surface area contributed by atoms with Crippen molar-refractivity contribution in [1.82, 2.24) is 14.7 Å². The summed E-state index contributed by atoms with van der Waals surface area (Å²) < 4.78 is 22.6. The van der Waals surface area contributed by atoms with Crippen LogP contribution in [0.15, 0.2) is 48.8 Å². The largest absolute Gasteiger partial charge is 0.493 e. The summed E-state index contributed by atoms with van der Waals surface area (Å²) in [6.45, 7) is 0.178. The van der Waals surface area contributed by atoms with E-state index in [0.717, 1.165) is 30.5 Å². The number of methoxy groups -OCH3 is 1. The lowest BCUT2D eigenvalue weighted by molar-refractivity contribution is 0.0189. The first-order valence-electron chi connectivity index (χ1n) is 11.0. The van der Waals surface area contributed by atoms with E-state index >= 15 is 4.39 Å². The van der Waals surface area contributed by atoms with Crippen LogP contribution in [0.2, 0.25) is 0 Å². The Balaban J connectivity index is 1.44. The molecule has 2 aromatic carbocycles. The highest BCUT2D eigenvalue weighted by atomic mass is 19.1. The van der Waals surface area contributed by atoms with Gasteiger partial charge in [-0.1, -0.05) is 25.0 Å². The molecule has 0 bridgehead atoms. The normalized spacial score (nSPS) is 20.5. The molecule has 1 fully saturated rings. The summed E-state index contributed by atoms with van der Waals surface area (Å²) in [5.74, 6) is -0.504. The minimum atomic E-state index is -0.556. The van der Waals surface area contributed by atoms with Crippen molar-refractivity contribution in [3.8, 4) is 11.4 Å². The number of aliphatic hydroxyl groups is 1. The lowest BCUT2D eigenvalue weighted by atomic mass is 9.91. The van der Waals surface area contributed by atoms with Crippen LogP contribution in [-0.4, -0.2) is 44.9 Å². The minimum Gasteiger partial charge on any atom is -0.493 e. The third-order valence-electron chi connectivity index (χ3n) is 6.62. The number of amides is 1. The molecule has 3 aromatic rings. The number of carbonyl (C=O) groups excluding carboxylic acids is 1. The Morgan fingerprint density at radius 2 is 2.00 bits per heavy atom. The van der Waals surface area contributed by atoms with E-state index in [1.807, 2.05) is 36.5 Å². The number of carbonyl (C=O) groups is 1. The molecule has 1 aliphatic heterocycles. The average molecular weight is 435 g/mol. The van der Waals surface area contributed by atoms with Gasteiger partial charge in [-0.2, -0.15) is 5.10 Å². The number of aromatic nitrogens is 2. The van der Waals surface area contributed by atoms with E-state index in [-0.39, 0.29) is 24.2 Å². The number of aliphatic hydroxyl groups excluding tert-OH is 1. The molecule has 0 saturated heterocycles. The molecule has 7 heteroatoms. The van der Waals surface area contributed by atoms with E-state index < -0.39 is 11.9 Å². The maximum atomic E-state index is 15.4. The van der Waals surface area contributed by atoms with Crippen LogP contribution in [0.1, 0.15) is 52.7 Å². The first-order valence-corrected chi connectivity index (χ1v) is 11.0. The molecule has 2 heterocycles. The molecule has 1 N–H and O–H groups in total. The molecular weight excluding hydrogens is 409 g/mol. The first kappa shape index (κ1) is 20.7. The van der Waals surface area contributed by atoms with Crippen molar-refractivity contribution in [3.05, 3.63) is 76.9 Å². The molecule has 2 atom stereocenters. The summed E-state index contributed by atoms with van der Waals surface area (Å²) >= 11 is 0. The third kappa shape index (κ3) is 3.56. The van der Waals surface area contributed by atoms with Gasteiger partial charge in [0.05, 0.1) is 31.5 Å². The molecule has 1 aromatic heterocycles. The number of nitrogens with zero attached hydrogens (tertiary/aromatic N) is 3. The number of fused-ring (bicyclic) bond motifs is 1. The Bertz CT molecular complexity index is 1130. The van der Waals surface area contributed by atoms with Crippen molar-refractivity contribution in [2.24, 2.45) is 0 Å². The lowest BCUT2D eigenvalue weighted by Gasteiger charge is -2.35. The zero-order valence-electron chi connectivity index (χ0n) is 18.0. The summed E-state index contributed by atoms with van der Waals surface area (Å²) in [6, 6.07) is 11.2. The molecule has 5 rings (SSSR count). The van der Waals surface area contributed by atoms with Gasteiger partial charge in [0.15, 0.2) is 11.6 Å². The van der Waals surface area contributed by atoms with Crippen molar-refractivity contribution in [2.75, 3.05) is 7.11 Å². The van der Waals surface area contributed by atoms with Gasteiger partial charge in [-0.3, -0.25) is 4.79 Å². The van der Waals surface area contributed by atoms with Gasteiger partial charge >= 0.3 is 0 Å². The van der Waals surface area contributed by atoms with Crippen LogP contribution in [-0.2, 0) is 13.0 Å². The monoisotopic (exact) mass is 435 g/mol. The van der Waals surface area contributed by atoms with Gasteiger partial charge < -0.3 is 14.7 Å². The molecule has 1 saturated carbocycles. The number of benzene rings is 2. The lowest BCUT2D eigenvalue weighted by Crippen LogP contribution is -2.45. The molecule has 32 heavy (non-hydrogen) atoms. The summed E-state index contributed by atoms with van der Waals surface area (Å²) in [5, 5.41) is 14.6. The zero-order valence-corrected chi connectivity index (χ0v) is 18.0. The van der Waals surface area contributed by atoms with E-state index in [4.69, 9.17) is 4.74 Å². The van der Waals surface area contributed by atoms with Crippen LogP contribution in [0.3, 0.4) is 0 Å². The molecule has 0 spiro atoms. The zero-order chi connectivity index (χ0) is 22.2. The second-order valence-corrected chi connectivity index (χ2v) is 8.56. The molecule has 6 nitrogen and oxygen atoms in total. The van der Waals surface area contributed by atoms with Crippen LogP contribution < -0.4 is 4.74 Å². The molecular formula is C25H26FN3O3. The second kappa shape index (κ2) is 8.39. The van der Waals surface area contributed by atoms with Crippen LogP contribution >= 0.6 is 0 Å². The van der Waals surface area contributed by atoms with E-state index in [1.54, 1.807) is 21.8 Å². The fourth-order valence-electron chi connectivity index (χ4n) is 4.95. The number of hydrogen-bond donors (Lipinski definition) is 1. The average Bonchev–Trinajstić information content (AvgIpc) is 3.44. The van der Waals surface area contributed by atoms with Crippen molar-refractivity contribution in [1.29, 1.82) is 0 Å². The highest BCUT2D eigenvalue weighted by Gasteiger charge is 2.39. The highest BCUT2D eigenvalue weighted by molar-refractivity contribution is 5.99. The standard InChI is InChI=1S/C25H26FN3O3/c1-32-24-17(13-16-7-9-18(10-8-16)29-12-4-11-27-29)14-19-20(23(24)26)15-28(25(19)31)21-5-2-3-6-22(21)30/h4,7-12,14,21-22,30H,2-3,5-6,13,15H2,1H3. The van der Waals surface area contributed by atoms with Gasteiger partial charge in [0.2, 0.25) is 0 Å². The van der Waals surface area contributed by atoms with Crippen LogP contribution in [0.5, 0.6) is 5.75 Å². The second-order valence-electron chi connectivity index (χ2n) is 8.56. The minimum absolute atomic E-state index is 0.178. The summed E-state index contributed by atoms with van der Waals surface area (Å²) in [6.07, 6.45) is 6.82. The highest BCUT2D eigenvalue weighted by Crippen LogP contribution is 2.38. The molecule has 1 amide bonds. The summed E-state index contributed by atoms with van der Waals surface area (Å²) in [5.41, 5.74) is 3.29. The Kier molecular flexibility index (Phi) is 5.43. The smallest absolute Gasteiger partial charge is 0.254 e. The Morgan fingerprint density at radius 1 is 1.22 bits per heavy atom. The van der Waals surface area contributed by atoms with Crippen molar-refractivity contribution < 1.29 is 19.0 Å². The first-order chi connectivity index (χ1) is 15.6. The van der Waals surface area contributed by atoms with Crippen molar-refractivity contribution >= 4 is 5.91 Å². The van der Waals surface area contributed by atoms with Crippen LogP contribution in [0.25, 0.3) is 5.69 Å². The van der Waals surface area contributed by atoms with E-state index in [9.17, 15) is 9.90 Å². The topological polar surface area (TPSA) is 67.6 Å². The predicted octanol–water partition coefficient (Wildman–Crippen LogP) is 3.87. The van der Waals surface area contributed by atoms with Gasteiger partial charge in [-0.15, -0.1) is 0 Å². The molecule has 2 unspecified atom stereocenters. The quantitative estimate of drug-likeness (QED) is 0.661. The van der Waals surface area contributed by atoms with Crippen molar-refractivity contribution in [3.63, 3.8) is 0 Å². The number of hydrogen-bond acceptors (Lipinski definition) is 4. The molecule has 1 aliphatic carbocycles. The number of rotatable bonds is 5. The fourth-order valence-corrected chi connectivity index (χ4v) is 4.95. The summed E-state index contributed by atoms with van der Waals surface area (Å²) in [7, 11) is 1.45. The maximum absolute atomic E-state index is 15.4. The van der Waals surface area contributed by atoms with Gasteiger partial charge in [0.25, 0.3) is 5.91 Å². The maximum Gasteiger partial charge on any atom is 0.254 e. The third-order valence-corrected chi connectivity index (χ3v) is 6.62. The fraction of sp³-hybridized carbons (Fsp3) is 0.360. The molecule has 2 aliphatic rings. The Morgan fingerprint density at radius 3 is 2.69 bits per heavy atom. The van der Waals surface area contributed by atoms with Gasteiger partial charge in [-0.25, -0.2) is 9.07 Å². The van der Waals surface area contributed by atoms with E-state index in [2.05, 4.69) is 5.10 Å². The predicted molar refractivity (Wildman–Crippen MR) is 117 cm³/mol. The van der Waals surface area contributed by atoms with Gasteiger partial charge in [0.1, 0.15) is 0 Å². The van der Waals surface area contributed by atoms with Gasteiger partial charge in [0, 0.05) is 35.5 Å². The van der Waals surface area contributed by atoms with E-state index in [1.165, 1.54) is 7.11 Å². The van der Waals surface area contributed by atoms with E-state index in [0.29, 0.717) is 29.5 Å². The summed E-state index contributed by atoms with van der Waals surface area (Å²) in [4.78, 5) is 14.8. The van der Waals surface area contributed by atoms with Gasteiger partial charge in [-0.05, 0) is 42.7 Å².